The second kappa shape index (κ2) is 3.67. The lowest BCUT2D eigenvalue weighted by molar-refractivity contribution is 0.827. The summed E-state index contributed by atoms with van der Waals surface area (Å²) in [5, 5.41) is 4.94. The summed E-state index contributed by atoms with van der Waals surface area (Å²) in [6.07, 6.45) is 2.94. The maximum atomic E-state index is 5.94. The number of nitrogens with zero attached hydrogens (tertiary/aromatic N) is 4. The average Bonchev–Trinajstić information content (AvgIpc) is 2.51. The highest BCUT2D eigenvalue weighted by atomic mass is 35.5. The van der Waals surface area contributed by atoms with Gasteiger partial charge in [-0.3, -0.25) is 0 Å². The third-order valence-electron chi connectivity index (χ3n) is 1.85. The van der Waals surface area contributed by atoms with Gasteiger partial charge in [0.1, 0.15) is 17.2 Å². The van der Waals surface area contributed by atoms with Crippen molar-refractivity contribution in [3.63, 3.8) is 0 Å². The molecule has 0 saturated heterocycles. The first-order valence-corrected chi connectivity index (χ1v) is 4.83. The molecule has 0 aliphatic carbocycles. The zero-order valence-electron chi connectivity index (χ0n) is 7.78. The molecular formula is C8H7Cl2N5. The second-order valence-corrected chi connectivity index (χ2v) is 3.69. The lowest BCUT2D eigenvalue weighted by Gasteiger charge is -2.03. The van der Waals surface area contributed by atoms with Gasteiger partial charge in [0, 0.05) is 0 Å². The van der Waals surface area contributed by atoms with E-state index in [2.05, 4.69) is 15.1 Å². The molecule has 5 nitrogen and oxygen atoms in total. The molecule has 0 amide bonds. The van der Waals surface area contributed by atoms with E-state index in [0.717, 1.165) is 0 Å². The van der Waals surface area contributed by atoms with Crippen LogP contribution in [-0.4, -0.2) is 19.7 Å². The summed E-state index contributed by atoms with van der Waals surface area (Å²) in [6.45, 7) is 1.79. The molecule has 2 aromatic rings. The van der Waals surface area contributed by atoms with Gasteiger partial charge < -0.3 is 5.73 Å². The van der Waals surface area contributed by atoms with Crippen molar-refractivity contribution in [1.82, 2.24) is 19.7 Å². The van der Waals surface area contributed by atoms with E-state index in [1.165, 1.54) is 11.0 Å². The molecular weight excluding hydrogens is 237 g/mol. The molecule has 2 rings (SSSR count). The summed E-state index contributed by atoms with van der Waals surface area (Å²) in [5.41, 5.74) is 6.24. The molecule has 0 unspecified atom stereocenters. The van der Waals surface area contributed by atoms with Gasteiger partial charge in [0.15, 0.2) is 5.82 Å². The van der Waals surface area contributed by atoms with Crippen molar-refractivity contribution in [3.05, 3.63) is 28.3 Å². The molecule has 7 heteroatoms. The van der Waals surface area contributed by atoms with Gasteiger partial charge in [0.05, 0.1) is 16.9 Å². The average molecular weight is 244 g/mol. The van der Waals surface area contributed by atoms with Crippen LogP contribution in [0.5, 0.6) is 0 Å². The van der Waals surface area contributed by atoms with E-state index in [1.807, 2.05) is 0 Å². The monoisotopic (exact) mass is 243 g/mol. The molecule has 0 spiro atoms. The molecule has 78 valence electrons. The van der Waals surface area contributed by atoms with Crippen LogP contribution in [0.1, 0.15) is 5.69 Å². The Morgan fingerprint density at radius 1 is 1.33 bits per heavy atom. The summed E-state index contributed by atoms with van der Waals surface area (Å²) >= 11 is 11.8. The van der Waals surface area contributed by atoms with Crippen molar-refractivity contribution >= 4 is 29.0 Å². The Bertz CT molecular complexity index is 488. The first-order chi connectivity index (χ1) is 7.09. The lowest BCUT2D eigenvalue weighted by Crippen LogP contribution is -2.03. The minimum Gasteiger partial charge on any atom is -0.382 e. The van der Waals surface area contributed by atoms with Crippen LogP contribution < -0.4 is 5.73 Å². The number of hydrogen-bond donors (Lipinski definition) is 1. The van der Waals surface area contributed by atoms with Gasteiger partial charge in [-0.1, -0.05) is 23.2 Å². The van der Waals surface area contributed by atoms with Crippen LogP contribution in [0.15, 0.2) is 12.5 Å². The molecule has 2 heterocycles. The zero-order valence-corrected chi connectivity index (χ0v) is 9.29. The third-order valence-corrected chi connectivity index (χ3v) is 2.59. The third kappa shape index (κ3) is 1.75. The molecule has 0 fully saturated rings. The maximum Gasteiger partial charge on any atom is 0.177 e. The molecule has 0 atom stereocenters. The Morgan fingerprint density at radius 2 is 2.07 bits per heavy atom. The van der Waals surface area contributed by atoms with Crippen LogP contribution in [0.4, 0.5) is 5.82 Å². The SMILES string of the molecule is Cc1nn(-c2ncnc(N)c2Cl)cc1Cl. The molecule has 2 N–H and O–H groups in total. The fraction of sp³-hybridized carbons (Fsp3) is 0.125. The second-order valence-electron chi connectivity index (χ2n) is 2.90. The zero-order chi connectivity index (χ0) is 11.0. The number of anilines is 1. The number of hydrogen-bond acceptors (Lipinski definition) is 4. The van der Waals surface area contributed by atoms with Crippen LogP contribution in [0.25, 0.3) is 5.82 Å². The van der Waals surface area contributed by atoms with Crippen molar-refractivity contribution in [1.29, 1.82) is 0 Å². The number of nitrogens with two attached hydrogens (primary N) is 1. The topological polar surface area (TPSA) is 69.6 Å². The van der Waals surface area contributed by atoms with Crippen LogP contribution in [0.3, 0.4) is 0 Å². The Kier molecular flexibility index (Phi) is 2.50. The molecule has 0 bridgehead atoms. The molecule has 0 aliphatic heterocycles. The van der Waals surface area contributed by atoms with Crippen LogP contribution in [0.2, 0.25) is 10.0 Å². The van der Waals surface area contributed by atoms with E-state index in [0.29, 0.717) is 16.5 Å². The van der Waals surface area contributed by atoms with Crippen LogP contribution in [-0.2, 0) is 0 Å². The summed E-state index contributed by atoms with van der Waals surface area (Å²) in [7, 11) is 0. The van der Waals surface area contributed by atoms with Crippen molar-refractivity contribution in [2.45, 2.75) is 6.92 Å². The number of aromatic nitrogens is 4. The highest BCUT2D eigenvalue weighted by Gasteiger charge is 2.11. The van der Waals surface area contributed by atoms with Crippen molar-refractivity contribution in [2.75, 3.05) is 5.73 Å². The van der Waals surface area contributed by atoms with Gasteiger partial charge in [0.25, 0.3) is 0 Å². The number of rotatable bonds is 1. The largest absolute Gasteiger partial charge is 0.382 e. The molecule has 0 aromatic carbocycles. The molecule has 0 radical (unpaired) electrons. The van der Waals surface area contributed by atoms with E-state index >= 15 is 0 Å². The Labute approximate surface area is 95.8 Å². The lowest BCUT2D eigenvalue weighted by atomic mass is 10.5. The highest BCUT2D eigenvalue weighted by molar-refractivity contribution is 6.34. The predicted octanol–water partition coefficient (Wildman–Crippen LogP) is 1.86. The summed E-state index contributed by atoms with van der Waals surface area (Å²) in [5.74, 6) is 0.630. The van der Waals surface area contributed by atoms with Crippen LogP contribution in [0, 0.1) is 6.92 Å². The van der Waals surface area contributed by atoms with Gasteiger partial charge in [-0.05, 0) is 6.92 Å². The van der Waals surface area contributed by atoms with E-state index in [9.17, 15) is 0 Å². The Balaban J connectivity index is 2.59. The summed E-state index contributed by atoms with van der Waals surface area (Å²) in [4.78, 5) is 7.74. The van der Waals surface area contributed by atoms with E-state index in [-0.39, 0.29) is 10.8 Å². The van der Waals surface area contributed by atoms with Crippen molar-refractivity contribution in [3.8, 4) is 5.82 Å². The number of aryl methyl sites for hydroxylation is 1. The standard InChI is InChI=1S/C8H7Cl2N5/c1-4-5(9)2-15(14-4)8-6(10)7(11)12-3-13-8/h2-3H,1H3,(H2,11,12,13). The normalized spacial score (nSPS) is 10.6. The molecule has 2 aromatic heterocycles. The Morgan fingerprint density at radius 3 is 2.67 bits per heavy atom. The minimum absolute atomic E-state index is 0.214. The maximum absolute atomic E-state index is 5.94. The molecule has 0 saturated carbocycles. The fourth-order valence-corrected chi connectivity index (χ4v) is 1.40. The Hall–Kier alpha value is -1.33. The van der Waals surface area contributed by atoms with Gasteiger partial charge >= 0.3 is 0 Å². The summed E-state index contributed by atoms with van der Waals surface area (Å²) < 4.78 is 1.47. The van der Waals surface area contributed by atoms with Gasteiger partial charge in [-0.25, -0.2) is 14.6 Å². The van der Waals surface area contributed by atoms with E-state index < -0.39 is 0 Å². The number of halogens is 2. The first kappa shape index (κ1) is 10.2. The summed E-state index contributed by atoms with van der Waals surface area (Å²) in [6, 6.07) is 0. The van der Waals surface area contributed by atoms with E-state index in [1.54, 1.807) is 13.1 Å². The van der Waals surface area contributed by atoms with Crippen molar-refractivity contribution in [2.24, 2.45) is 0 Å². The smallest absolute Gasteiger partial charge is 0.177 e. The van der Waals surface area contributed by atoms with Crippen LogP contribution >= 0.6 is 23.2 Å². The minimum atomic E-state index is 0.214. The quantitative estimate of drug-likeness (QED) is 0.831. The van der Waals surface area contributed by atoms with E-state index in [4.69, 9.17) is 28.9 Å². The molecule has 15 heavy (non-hydrogen) atoms. The van der Waals surface area contributed by atoms with Gasteiger partial charge in [0.2, 0.25) is 0 Å². The number of nitrogen functional groups attached to an aromatic ring is 1. The van der Waals surface area contributed by atoms with Gasteiger partial charge in [-0.15, -0.1) is 0 Å². The first-order valence-electron chi connectivity index (χ1n) is 4.07. The van der Waals surface area contributed by atoms with Crippen molar-refractivity contribution < 1.29 is 0 Å². The predicted molar refractivity (Wildman–Crippen MR) is 58.3 cm³/mol. The van der Waals surface area contributed by atoms with Gasteiger partial charge in [-0.2, -0.15) is 5.10 Å². The highest BCUT2D eigenvalue weighted by Crippen LogP contribution is 2.23. The molecule has 0 aliphatic rings. The fourth-order valence-electron chi connectivity index (χ4n) is 1.08.